The van der Waals surface area contributed by atoms with Crippen LogP contribution in [0.1, 0.15) is 42.1 Å². The van der Waals surface area contributed by atoms with Crippen LogP contribution in [0.25, 0.3) is 0 Å². The molecule has 0 radical (unpaired) electrons. The van der Waals surface area contributed by atoms with Crippen molar-refractivity contribution in [3.05, 3.63) is 29.3 Å². The zero-order valence-corrected chi connectivity index (χ0v) is 10.6. The second kappa shape index (κ2) is 4.78. The lowest BCUT2D eigenvalue weighted by atomic mass is 10.0. The molecule has 0 saturated carbocycles. The predicted octanol–water partition coefficient (Wildman–Crippen LogP) is 2.59. The summed E-state index contributed by atoms with van der Waals surface area (Å²) >= 11 is 0. The van der Waals surface area contributed by atoms with E-state index < -0.39 is 0 Å². The lowest BCUT2D eigenvalue weighted by Crippen LogP contribution is -2.42. The maximum Gasteiger partial charge on any atom is 0.254 e. The monoisotopic (exact) mass is 232 g/mol. The van der Waals surface area contributed by atoms with Gasteiger partial charge in [0, 0.05) is 23.8 Å². The van der Waals surface area contributed by atoms with E-state index in [2.05, 4.69) is 6.92 Å². The minimum absolute atomic E-state index is 0.118. The molecule has 3 heteroatoms. The molecule has 3 nitrogen and oxygen atoms in total. The average molecular weight is 232 g/mol. The van der Waals surface area contributed by atoms with Crippen molar-refractivity contribution in [3.63, 3.8) is 0 Å². The third-order valence-electron chi connectivity index (χ3n) is 3.41. The highest BCUT2D eigenvalue weighted by Crippen LogP contribution is 2.20. The van der Waals surface area contributed by atoms with E-state index in [1.807, 2.05) is 24.0 Å². The fourth-order valence-electron chi connectivity index (χ4n) is 2.50. The van der Waals surface area contributed by atoms with Gasteiger partial charge in [-0.05, 0) is 56.9 Å². The van der Waals surface area contributed by atoms with Crippen LogP contribution in [0.15, 0.2) is 18.2 Å². The van der Waals surface area contributed by atoms with Crippen LogP contribution in [0.4, 0.5) is 5.69 Å². The first-order valence-corrected chi connectivity index (χ1v) is 6.26. The molecular weight excluding hydrogens is 212 g/mol. The fourth-order valence-corrected chi connectivity index (χ4v) is 2.50. The van der Waals surface area contributed by atoms with Gasteiger partial charge in [-0.25, -0.2) is 0 Å². The number of hydrogen-bond acceptors (Lipinski definition) is 2. The van der Waals surface area contributed by atoms with Crippen LogP contribution in [0.3, 0.4) is 0 Å². The number of carbonyl (C=O) groups excluding carboxylic acids is 1. The Morgan fingerprint density at radius 2 is 2.12 bits per heavy atom. The van der Waals surface area contributed by atoms with Gasteiger partial charge in [0.25, 0.3) is 5.91 Å². The summed E-state index contributed by atoms with van der Waals surface area (Å²) < 4.78 is 0. The Morgan fingerprint density at radius 1 is 1.35 bits per heavy atom. The molecule has 92 valence electrons. The van der Waals surface area contributed by atoms with Gasteiger partial charge in [-0.2, -0.15) is 0 Å². The number of benzene rings is 1. The SMILES string of the molecule is Cc1cc(N)cc(C(=O)N2CCCCC2C)c1. The predicted molar refractivity (Wildman–Crippen MR) is 69.9 cm³/mol. The Kier molecular flexibility index (Phi) is 3.36. The zero-order valence-electron chi connectivity index (χ0n) is 10.6. The summed E-state index contributed by atoms with van der Waals surface area (Å²) in [7, 11) is 0. The third-order valence-corrected chi connectivity index (χ3v) is 3.41. The zero-order chi connectivity index (χ0) is 12.4. The number of anilines is 1. The molecule has 1 unspecified atom stereocenters. The first-order chi connectivity index (χ1) is 8.08. The van der Waals surface area contributed by atoms with Crippen LogP contribution in [0.5, 0.6) is 0 Å². The molecule has 1 saturated heterocycles. The topological polar surface area (TPSA) is 46.3 Å². The Morgan fingerprint density at radius 3 is 2.76 bits per heavy atom. The first kappa shape index (κ1) is 12.0. The molecular formula is C14H20N2O. The second-order valence-electron chi connectivity index (χ2n) is 4.98. The normalized spacial score (nSPS) is 20.4. The molecule has 0 spiro atoms. The summed E-state index contributed by atoms with van der Waals surface area (Å²) in [4.78, 5) is 14.4. The summed E-state index contributed by atoms with van der Waals surface area (Å²) in [5.74, 6) is 0.118. The summed E-state index contributed by atoms with van der Waals surface area (Å²) in [6.07, 6.45) is 3.44. The van der Waals surface area contributed by atoms with Gasteiger partial charge < -0.3 is 10.6 Å². The van der Waals surface area contributed by atoms with Crippen molar-refractivity contribution in [1.82, 2.24) is 4.90 Å². The number of aryl methyl sites for hydroxylation is 1. The van der Waals surface area contributed by atoms with Gasteiger partial charge >= 0.3 is 0 Å². The number of piperidine rings is 1. The summed E-state index contributed by atoms with van der Waals surface area (Å²) in [5.41, 5.74) is 8.21. The first-order valence-electron chi connectivity index (χ1n) is 6.26. The van der Waals surface area contributed by atoms with Crippen molar-refractivity contribution in [2.45, 2.75) is 39.2 Å². The number of hydrogen-bond donors (Lipinski definition) is 1. The highest BCUT2D eigenvalue weighted by molar-refractivity contribution is 5.95. The number of nitrogens with zero attached hydrogens (tertiary/aromatic N) is 1. The van der Waals surface area contributed by atoms with Crippen LogP contribution in [0, 0.1) is 6.92 Å². The van der Waals surface area contributed by atoms with Gasteiger partial charge in [0.15, 0.2) is 0 Å². The fraction of sp³-hybridized carbons (Fsp3) is 0.500. The highest BCUT2D eigenvalue weighted by atomic mass is 16.2. The molecule has 1 fully saturated rings. The van der Waals surface area contributed by atoms with Gasteiger partial charge in [0.1, 0.15) is 0 Å². The van der Waals surface area contributed by atoms with Crippen molar-refractivity contribution >= 4 is 11.6 Å². The Balaban J connectivity index is 2.23. The molecule has 1 atom stereocenters. The number of nitrogen functional groups attached to an aromatic ring is 1. The molecule has 1 heterocycles. The van der Waals surface area contributed by atoms with Gasteiger partial charge in [0.2, 0.25) is 0 Å². The molecule has 2 rings (SSSR count). The average Bonchev–Trinajstić information content (AvgIpc) is 2.27. The van der Waals surface area contributed by atoms with Crippen molar-refractivity contribution in [2.24, 2.45) is 0 Å². The number of likely N-dealkylation sites (tertiary alicyclic amines) is 1. The van der Waals surface area contributed by atoms with Crippen LogP contribution in [-0.4, -0.2) is 23.4 Å². The maximum atomic E-state index is 12.4. The summed E-state index contributed by atoms with van der Waals surface area (Å²) in [6, 6.07) is 5.92. The van der Waals surface area contributed by atoms with Crippen LogP contribution < -0.4 is 5.73 Å². The van der Waals surface area contributed by atoms with Crippen molar-refractivity contribution in [3.8, 4) is 0 Å². The summed E-state index contributed by atoms with van der Waals surface area (Å²) in [6.45, 7) is 4.96. The molecule has 0 bridgehead atoms. The molecule has 2 N–H and O–H groups in total. The molecule has 0 aromatic heterocycles. The van der Waals surface area contributed by atoms with Crippen LogP contribution >= 0.6 is 0 Å². The van der Waals surface area contributed by atoms with Gasteiger partial charge in [-0.1, -0.05) is 0 Å². The van der Waals surface area contributed by atoms with E-state index >= 15 is 0 Å². The number of carbonyl (C=O) groups is 1. The van der Waals surface area contributed by atoms with Crippen molar-refractivity contribution in [2.75, 3.05) is 12.3 Å². The molecule has 1 aliphatic heterocycles. The Labute approximate surface area is 103 Å². The maximum absolute atomic E-state index is 12.4. The van der Waals surface area contributed by atoms with E-state index in [1.165, 1.54) is 6.42 Å². The second-order valence-corrected chi connectivity index (χ2v) is 4.98. The van der Waals surface area contributed by atoms with E-state index in [0.29, 0.717) is 11.7 Å². The minimum atomic E-state index is 0.118. The standard InChI is InChI=1S/C14H20N2O/c1-10-7-12(9-13(15)8-10)14(17)16-6-4-3-5-11(16)2/h7-9,11H,3-6,15H2,1-2H3. The van der Waals surface area contributed by atoms with Crippen molar-refractivity contribution in [1.29, 1.82) is 0 Å². The lowest BCUT2D eigenvalue weighted by molar-refractivity contribution is 0.0635. The van der Waals surface area contributed by atoms with E-state index in [0.717, 1.165) is 30.5 Å². The molecule has 17 heavy (non-hydrogen) atoms. The van der Waals surface area contributed by atoms with E-state index in [-0.39, 0.29) is 5.91 Å². The minimum Gasteiger partial charge on any atom is -0.399 e. The number of rotatable bonds is 1. The van der Waals surface area contributed by atoms with Gasteiger partial charge in [-0.15, -0.1) is 0 Å². The Bertz CT molecular complexity index is 408. The molecule has 1 aromatic rings. The van der Waals surface area contributed by atoms with E-state index in [1.54, 1.807) is 6.07 Å². The largest absolute Gasteiger partial charge is 0.399 e. The van der Waals surface area contributed by atoms with Gasteiger partial charge in [0.05, 0.1) is 0 Å². The van der Waals surface area contributed by atoms with Gasteiger partial charge in [-0.3, -0.25) is 4.79 Å². The van der Waals surface area contributed by atoms with Crippen LogP contribution in [0.2, 0.25) is 0 Å². The van der Waals surface area contributed by atoms with Crippen LogP contribution in [-0.2, 0) is 0 Å². The number of nitrogens with two attached hydrogens (primary N) is 1. The third kappa shape index (κ3) is 2.60. The molecule has 0 aliphatic carbocycles. The summed E-state index contributed by atoms with van der Waals surface area (Å²) in [5, 5.41) is 0. The molecule has 1 aliphatic rings. The van der Waals surface area contributed by atoms with Crippen molar-refractivity contribution < 1.29 is 4.79 Å². The lowest BCUT2D eigenvalue weighted by Gasteiger charge is -2.33. The van der Waals surface area contributed by atoms with E-state index in [9.17, 15) is 4.79 Å². The Hall–Kier alpha value is -1.51. The number of amides is 1. The van der Waals surface area contributed by atoms with E-state index in [4.69, 9.17) is 5.73 Å². The quantitative estimate of drug-likeness (QED) is 0.756. The highest BCUT2D eigenvalue weighted by Gasteiger charge is 2.24. The smallest absolute Gasteiger partial charge is 0.254 e. The molecule has 1 aromatic carbocycles. The molecule has 1 amide bonds.